The van der Waals surface area contributed by atoms with E-state index in [0.29, 0.717) is 13.0 Å². The van der Waals surface area contributed by atoms with E-state index >= 15 is 0 Å². The smallest absolute Gasteiger partial charge is 0.305 e. The summed E-state index contributed by atoms with van der Waals surface area (Å²) in [6.07, 6.45) is 2.16. The average Bonchev–Trinajstić information content (AvgIpc) is 2.95. The van der Waals surface area contributed by atoms with E-state index in [1.165, 1.54) is 11.3 Å². The summed E-state index contributed by atoms with van der Waals surface area (Å²) in [7, 11) is 0. The zero-order valence-corrected chi connectivity index (χ0v) is 10.7. The molecular weight excluding hydrogens is 250 g/mol. The van der Waals surface area contributed by atoms with Crippen LogP contribution in [0.25, 0.3) is 0 Å². The summed E-state index contributed by atoms with van der Waals surface area (Å²) in [5.41, 5.74) is 0. The molecule has 0 bridgehead atoms. The van der Waals surface area contributed by atoms with Gasteiger partial charge in [-0.2, -0.15) is 0 Å². The Morgan fingerprint density at radius 1 is 1.72 bits per heavy atom. The van der Waals surface area contributed by atoms with Gasteiger partial charge in [-0.1, -0.05) is 12.1 Å². The molecule has 1 aromatic rings. The summed E-state index contributed by atoms with van der Waals surface area (Å²) < 4.78 is 0. The van der Waals surface area contributed by atoms with Crippen LogP contribution in [0.4, 0.5) is 0 Å². The van der Waals surface area contributed by atoms with Gasteiger partial charge in [-0.3, -0.25) is 9.59 Å². The van der Waals surface area contributed by atoms with E-state index in [1.54, 1.807) is 11.0 Å². The van der Waals surface area contributed by atoms with Gasteiger partial charge in [0.1, 0.15) is 0 Å². The Labute approximate surface area is 110 Å². The average molecular weight is 265 g/mol. The van der Waals surface area contributed by atoms with E-state index < -0.39 is 5.97 Å². The summed E-state index contributed by atoms with van der Waals surface area (Å²) in [4.78, 5) is 25.5. The molecule has 5 heteroatoms. The van der Waals surface area contributed by atoms with Crippen molar-refractivity contribution in [1.29, 1.82) is 0 Å². The fourth-order valence-corrected chi connectivity index (χ4v) is 3.07. The summed E-state index contributed by atoms with van der Waals surface area (Å²) >= 11 is 1.49. The molecule has 96 valence electrons. The van der Waals surface area contributed by atoms with Crippen molar-refractivity contribution < 1.29 is 14.7 Å². The molecule has 1 aromatic heterocycles. The molecule has 0 saturated carbocycles. The van der Waals surface area contributed by atoms with Crippen LogP contribution in [0.1, 0.15) is 23.8 Å². The Morgan fingerprint density at radius 3 is 3.00 bits per heavy atom. The van der Waals surface area contributed by atoms with Crippen LogP contribution in [-0.2, 0) is 9.59 Å². The number of nitrogens with zero attached hydrogens (tertiary/aromatic N) is 1. The molecule has 0 aromatic carbocycles. The number of hydrogen-bond acceptors (Lipinski definition) is 3. The molecule has 2 unspecified atom stereocenters. The van der Waals surface area contributed by atoms with E-state index in [-0.39, 0.29) is 24.3 Å². The number of carbonyl (C=O) groups is 2. The van der Waals surface area contributed by atoms with E-state index in [2.05, 4.69) is 6.58 Å². The molecule has 2 heterocycles. The lowest BCUT2D eigenvalue weighted by atomic mass is 10.1. The fourth-order valence-electron chi connectivity index (χ4n) is 2.23. The Kier molecular flexibility index (Phi) is 3.81. The van der Waals surface area contributed by atoms with Crippen LogP contribution in [0.15, 0.2) is 30.2 Å². The van der Waals surface area contributed by atoms with Gasteiger partial charge in [0.05, 0.1) is 12.5 Å². The Balaban J connectivity index is 2.21. The highest BCUT2D eigenvalue weighted by atomic mass is 32.1. The molecule has 0 aliphatic carbocycles. The van der Waals surface area contributed by atoms with Crippen molar-refractivity contribution in [2.24, 2.45) is 5.92 Å². The number of hydrogen-bond donors (Lipinski definition) is 1. The molecule has 1 amide bonds. The minimum Gasteiger partial charge on any atom is -0.481 e. The second-order valence-corrected chi connectivity index (χ2v) is 5.35. The molecule has 2 rings (SSSR count). The van der Waals surface area contributed by atoms with Crippen molar-refractivity contribution in [1.82, 2.24) is 4.90 Å². The summed E-state index contributed by atoms with van der Waals surface area (Å²) in [6, 6.07) is 3.41. The normalized spacial score (nSPS) is 21.0. The lowest BCUT2D eigenvalue weighted by molar-refractivity contribution is -0.139. The van der Waals surface area contributed by atoms with E-state index in [0.717, 1.165) is 4.88 Å². The highest BCUT2D eigenvalue weighted by Gasteiger charge is 2.35. The van der Waals surface area contributed by atoms with Gasteiger partial charge in [-0.15, -0.1) is 17.9 Å². The number of aliphatic carboxylic acids is 1. The molecule has 0 spiro atoms. The maximum Gasteiger partial charge on any atom is 0.305 e. The van der Waals surface area contributed by atoms with Gasteiger partial charge in [0, 0.05) is 23.8 Å². The summed E-state index contributed by atoms with van der Waals surface area (Å²) in [6.45, 7) is 4.27. The number of rotatable bonds is 5. The van der Waals surface area contributed by atoms with Gasteiger partial charge in [0.15, 0.2) is 0 Å². The number of amides is 1. The van der Waals surface area contributed by atoms with Gasteiger partial charge in [0.25, 0.3) is 0 Å². The third kappa shape index (κ3) is 2.61. The van der Waals surface area contributed by atoms with Crippen LogP contribution in [0.5, 0.6) is 0 Å². The Morgan fingerprint density at radius 2 is 2.50 bits per heavy atom. The first kappa shape index (κ1) is 12.8. The molecule has 1 aliphatic heterocycles. The van der Waals surface area contributed by atoms with Gasteiger partial charge in [-0.05, 0) is 11.4 Å². The molecule has 1 N–H and O–H groups in total. The zero-order chi connectivity index (χ0) is 13.1. The fraction of sp³-hybridized carbons (Fsp3) is 0.385. The maximum absolute atomic E-state index is 12.0. The van der Waals surface area contributed by atoms with E-state index in [4.69, 9.17) is 5.11 Å². The minimum absolute atomic E-state index is 0.0135. The topological polar surface area (TPSA) is 57.6 Å². The van der Waals surface area contributed by atoms with Gasteiger partial charge >= 0.3 is 5.97 Å². The van der Waals surface area contributed by atoms with Crippen molar-refractivity contribution in [3.63, 3.8) is 0 Å². The van der Waals surface area contributed by atoms with Crippen molar-refractivity contribution in [3.05, 3.63) is 35.0 Å². The zero-order valence-electron chi connectivity index (χ0n) is 9.91. The minimum atomic E-state index is -0.886. The van der Waals surface area contributed by atoms with Crippen LogP contribution >= 0.6 is 11.3 Å². The van der Waals surface area contributed by atoms with Crippen LogP contribution in [0, 0.1) is 5.92 Å². The van der Waals surface area contributed by atoms with Crippen LogP contribution in [0.3, 0.4) is 0 Å². The molecule has 1 saturated heterocycles. The lowest BCUT2D eigenvalue weighted by Crippen LogP contribution is -2.31. The SMILES string of the molecule is C=CC1CC(=O)N(C(CC(=O)O)c2cccs2)C1. The maximum atomic E-state index is 12.0. The monoisotopic (exact) mass is 265 g/mol. The summed E-state index contributed by atoms with van der Waals surface area (Å²) in [5, 5.41) is 10.9. The second-order valence-electron chi connectivity index (χ2n) is 4.38. The molecule has 18 heavy (non-hydrogen) atoms. The first-order chi connectivity index (χ1) is 8.61. The number of carboxylic acid groups (broad SMARTS) is 1. The third-order valence-electron chi connectivity index (χ3n) is 3.14. The highest BCUT2D eigenvalue weighted by molar-refractivity contribution is 7.10. The van der Waals surface area contributed by atoms with Gasteiger partial charge < -0.3 is 10.0 Å². The van der Waals surface area contributed by atoms with Crippen LogP contribution in [0.2, 0.25) is 0 Å². The number of carboxylic acids is 1. The predicted molar refractivity (Wildman–Crippen MR) is 69.3 cm³/mol. The largest absolute Gasteiger partial charge is 0.481 e. The number of likely N-dealkylation sites (tertiary alicyclic amines) is 1. The van der Waals surface area contributed by atoms with Gasteiger partial charge in [0.2, 0.25) is 5.91 Å². The number of thiophene rings is 1. The highest BCUT2D eigenvalue weighted by Crippen LogP contribution is 2.33. The van der Waals surface area contributed by atoms with Crippen molar-refractivity contribution in [2.75, 3.05) is 6.54 Å². The van der Waals surface area contributed by atoms with Crippen molar-refractivity contribution >= 4 is 23.2 Å². The standard InChI is InChI=1S/C13H15NO3S/c1-2-9-6-12(15)14(8-9)10(7-13(16)17)11-4-3-5-18-11/h2-5,9-10H,1,6-8H2,(H,16,17). The number of carbonyl (C=O) groups excluding carboxylic acids is 1. The van der Waals surface area contributed by atoms with Crippen LogP contribution in [-0.4, -0.2) is 28.4 Å². The van der Waals surface area contributed by atoms with E-state index in [9.17, 15) is 9.59 Å². The van der Waals surface area contributed by atoms with Crippen LogP contribution < -0.4 is 0 Å². The lowest BCUT2D eigenvalue weighted by Gasteiger charge is -2.26. The molecule has 2 atom stereocenters. The van der Waals surface area contributed by atoms with E-state index in [1.807, 2.05) is 17.5 Å². The third-order valence-corrected chi connectivity index (χ3v) is 4.11. The molecule has 1 aliphatic rings. The Hall–Kier alpha value is -1.62. The van der Waals surface area contributed by atoms with Crippen molar-refractivity contribution in [3.8, 4) is 0 Å². The molecule has 0 radical (unpaired) electrons. The first-order valence-electron chi connectivity index (χ1n) is 5.79. The summed E-state index contributed by atoms with van der Waals surface area (Å²) in [5.74, 6) is -0.739. The molecule has 1 fully saturated rings. The van der Waals surface area contributed by atoms with Gasteiger partial charge in [-0.25, -0.2) is 0 Å². The molecular formula is C13H15NO3S. The Bertz CT molecular complexity index is 455. The quantitative estimate of drug-likeness (QED) is 0.831. The molecule has 4 nitrogen and oxygen atoms in total. The second kappa shape index (κ2) is 5.35. The van der Waals surface area contributed by atoms with Crippen molar-refractivity contribution in [2.45, 2.75) is 18.9 Å². The first-order valence-corrected chi connectivity index (χ1v) is 6.67. The predicted octanol–water partition coefficient (Wildman–Crippen LogP) is 2.30.